The number of ether oxygens (including phenoxy) is 1. The predicted molar refractivity (Wildman–Crippen MR) is 85.6 cm³/mol. The number of amides is 1. The fourth-order valence-corrected chi connectivity index (χ4v) is 4.21. The summed E-state index contributed by atoms with van der Waals surface area (Å²) in [7, 11) is -1.33. The third kappa shape index (κ3) is 4.43. The van der Waals surface area contributed by atoms with Gasteiger partial charge in [0.05, 0.1) is 12.4 Å². The molecule has 0 bridgehead atoms. The summed E-state index contributed by atoms with van der Waals surface area (Å²) in [6, 6.07) is 0. The van der Waals surface area contributed by atoms with Crippen LogP contribution in [0.1, 0.15) is 32.1 Å². The van der Waals surface area contributed by atoms with E-state index in [9.17, 15) is 13.2 Å². The molecule has 2 aliphatic rings. The lowest BCUT2D eigenvalue weighted by Crippen LogP contribution is -2.48. The van der Waals surface area contributed by atoms with Gasteiger partial charge in [0.25, 0.3) is 0 Å². The smallest absolute Gasteiger partial charge is 0.223 e. The molecule has 0 aromatic carbocycles. The van der Waals surface area contributed by atoms with E-state index < -0.39 is 9.84 Å². The van der Waals surface area contributed by atoms with Crippen LogP contribution in [0.15, 0.2) is 0 Å². The van der Waals surface area contributed by atoms with Gasteiger partial charge in [-0.1, -0.05) is 0 Å². The van der Waals surface area contributed by atoms with Crippen molar-refractivity contribution in [2.45, 2.75) is 37.6 Å². The molecule has 0 saturated carbocycles. The van der Waals surface area contributed by atoms with Gasteiger partial charge < -0.3 is 14.5 Å². The van der Waals surface area contributed by atoms with Crippen LogP contribution in [0.3, 0.4) is 0 Å². The van der Waals surface area contributed by atoms with Crippen molar-refractivity contribution in [3.05, 3.63) is 0 Å². The minimum atomic E-state index is -3.04. The van der Waals surface area contributed by atoms with Gasteiger partial charge in [-0.3, -0.25) is 4.79 Å². The van der Waals surface area contributed by atoms with E-state index in [4.69, 9.17) is 4.74 Å². The topological polar surface area (TPSA) is 66.9 Å². The molecule has 0 N–H and O–H groups in total. The maximum atomic E-state index is 12.2. The van der Waals surface area contributed by atoms with E-state index in [0.29, 0.717) is 13.0 Å². The van der Waals surface area contributed by atoms with E-state index in [1.165, 1.54) is 6.26 Å². The molecule has 0 aromatic rings. The number of rotatable bonds is 6. The highest BCUT2D eigenvalue weighted by atomic mass is 32.2. The van der Waals surface area contributed by atoms with Crippen molar-refractivity contribution >= 4 is 15.7 Å². The van der Waals surface area contributed by atoms with Crippen molar-refractivity contribution in [3.8, 4) is 0 Å². The van der Waals surface area contributed by atoms with Crippen molar-refractivity contribution in [2.75, 3.05) is 51.9 Å². The minimum absolute atomic E-state index is 0.0634. The predicted octanol–water partition coefficient (Wildman–Crippen LogP) is 0.525. The first kappa shape index (κ1) is 17.7. The van der Waals surface area contributed by atoms with E-state index in [-0.39, 0.29) is 17.2 Å². The number of hydrogen-bond acceptors (Lipinski definition) is 5. The molecule has 0 radical (unpaired) electrons. The van der Waals surface area contributed by atoms with Crippen LogP contribution in [0.5, 0.6) is 0 Å². The molecular formula is C15H28N2O4S. The molecule has 6 nitrogen and oxygen atoms in total. The molecule has 7 heteroatoms. The summed E-state index contributed by atoms with van der Waals surface area (Å²) in [6.45, 7) is 3.97. The first-order valence-electron chi connectivity index (χ1n) is 8.06. The second-order valence-corrected chi connectivity index (χ2v) is 8.85. The summed E-state index contributed by atoms with van der Waals surface area (Å²) < 4.78 is 28.0. The molecule has 1 atom stereocenters. The second kappa shape index (κ2) is 7.27. The van der Waals surface area contributed by atoms with Crippen molar-refractivity contribution in [1.29, 1.82) is 0 Å². The molecule has 1 amide bonds. The standard InChI is InChI=1S/C15H28N2O4S/c1-21-12-10-16-8-3-5-15(7-9-16)6-4-14(18)17(15)11-13-22(2,19)20/h3-13H2,1-2H3/t15-/m1/s1. The Morgan fingerprint density at radius 2 is 1.95 bits per heavy atom. The molecule has 2 heterocycles. The largest absolute Gasteiger partial charge is 0.383 e. The van der Waals surface area contributed by atoms with Crippen molar-refractivity contribution in [1.82, 2.24) is 9.80 Å². The fourth-order valence-electron chi connectivity index (χ4n) is 3.69. The van der Waals surface area contributed by atoms with Crippen LogP contribution in [0, 0.1) is 0 Å². The summed E-state index contributed by atoms with van der Waals surface area (Å²) in [6.07, 6.45) is 5.62. The molecule has 2 fully saturated rings. The van der Waals surface area contributed by atoms with Crippen LogP contribution in [-0.4, -0.2) is 81.6 Å². The van der Waals surface area contributed by atoms with Crippen molar-refractivity contribution in [2.24, 2.45) is 0 Å². The van der Waals surface area contributed by atoms with Gasteiger partial charge in [-0.25, -0.2) is 8.42 Å². The van der Waals surface area contributed by atoms with Crippen LogP contribution in [0.25, 0.3) is 0 Å². The Kier molecular flexibility index (Phi) is 5.85. The molecule has 2 rings (SSSR count). The molecule has 1 spiro atoms. The number of sulfone groups is 1. The average Bonchev–Trinajstić information content (AvgIpc) is 2.62. The Morgan fingerprint density at radius 1 is 1.18 bits per heavy atom. The highest BCUT2D eigenvalue weighted by Crippen LogP contribution is 2.38. The maximum Gasteiger partial charge on any atom is 0.223 e. The zero-order valence-electron chi connectivity index (χ0n) is 13.7. The third-order valence-corrected chi connectivity index (χ3v) is 5.91. The molecule has 0 unspecified atom stereocenters. The Bertz CT molecular complexity index is 494. The van der Waals surface area contributed by atoms with Crippen LogP contribution in [0.2, 0.25) is 0 Å². The van der Waals surface area contributed by atoms with Gasteiger partial charge in [-0.2, -0.15) is 0 Å². The third-order valence-electron chi connectivity index (χ3n) is 4.99. The quantitative estimate of drug-likeness (QED) is 0.710. The molecule has 0 aromatic heterocycles. The number of nitrogens with zero attached hydrogens (tertiary/aromatic N) is 2. The zero-order chi connectivity index (χ0) is 16.2. The van der Waals surface area contributed by atoms with E-state index >= 15 is 0 Å². The lowest BCUT2D eigenvalue weighted by Gasteiger charge is -2.38. The van der Waals surface area contributed by atoms with Gasteiger partial charge in [0.2, 0.25) is 5.91 Å². The highest BCUT2D eigenvalue weighted by molar-refractivity contribution is 7.90. The molecule has 0 aliphatic carbocycles. The maximum absolute atomic E-state index is 12.2. The SMILES string of the molecule is COCCN1CCC[C@@]2(CCC(=O)N2CCS(C)(=O)=O)CC1. The number of methoxy groups -OCH3 is 1. The number of likely N-dealkylation sites (tertiary alicyclic amines) is 2. The Morgan fingerprint density at radius 3 is 2.64 bits per heavy atom. The first-order chi connectivity index (χ1) is 10.4. The first-order valence-corrected chi connectivity index (χ1v) is 10.1. The van der Waals surface area contributed by atoms with Gasteiger partial charge in [0.1, 0.15) is 9.84 Å². The Labute approximate surface area is 133 Å². The summed E-state index contributed by atoms with van der Waals surface area (Å²) in [5.74, 6) is 0.183. The number of carbonyl (C=O) groups is 1. The molecule has 2 saturated heterocycles. The molecule has 2 aliphatic heterocycles. The fraction of sp³-hybridized carbons (Fsp3) is 0.933. The van der Waals surface area contributed by atoms with E-state index in [0.717, 1.165) is 51.9 Å². The van der Waals surface area contributed by atoms with Crippen molar-refractivity contribution < 1.29 is 17.9 Å². The van der Waals surface area contributed by atoms with Crippen molar-refractivity contribution in [3.63, 3.8) is 0 Å². The number of hydrogen-bond donors (Lipinski definition) is 0. The molecular weight excluding hydrogens is 304 g/mol. The Hall–Kier alpha value is -0.660. The van der Waals surface area contributed by atoms with Gasteiger partial charge >= 0.3 is 0 Å². The van der Waals surface area contributed by atoms with Crippen LogP contribution >= 0.6 is 0 Å². The molecule has 128 valence electrons. The van der Waals surface area contributed by atoms with E-state index in [1.54, 1.807) is 7.11 Å². The van der Waals surface area contributed by atoms with Gasteiger partial charge in [-0.05, 0) is 32.2 Å². The summed E-state index contributed by atoms with van der Waals surface area (Å²) in [5, 5.41) is 0. The van der Waals surface area contributed by atoms with E-state index in [1.807, 2.05) is 4.90 Å². The van der Waals surface area contributed by atoms with Crippen LogP contribution in [-0.2, 0) is 19.4 Å². The normalized spacial score (nSPS) is 27.5. The van der Waals surface area contributed by atoms with Crippen LogP contribution in [0.4, 0.5) is 0 Å². The average molecular weight is 332 g/mol. The number of carbonyl (C=O) groups excluding carboxylic acids is 1. The van der Waals surface area contributed by atoms with E-state index in [2.05, 4.69) is 4.90 Å². The molecule has 22 heavy (non-hydrogen) atoms. The summed E-state index contributed by atoms with van der Waals surface area (Å²) in [5.41, 5.74) is -0.121. The summed E-state index contributed by atoms with van der Waals surface area (Å²) >= 11 is 0. The second-order valence-electron chi connectivity index (χ2n) is 6.59. The highest BCUT2D eigenvalue weighted by Gasteiger charge is 2.45. The Balaban J connectivity index is 2.02. The monoisotopic (exact) mass is 332 g/mol. The minimum Gasteiger partial charge on any atom is -0.383 e. The zero-order valence-corrected chi connectivity index (χ0v) is 14.5. The van der Waals surface area contributed by atoms with Gasteiger partial charge in [0.15, 0.2) is 0 Å². The summed E-state index contributed by atoms with van der Waals surface area (Å²) in [4.78, 5) is 16.5. The van der Waals surface area contributed by atoms with Gasteiger partial charge in [0, 0.05) is 45.0 Å². The van der Waals surface area contributed by atoms with Crippen LogP contribution < -0.4 is 0 Å². The van der Waals surface area contributed by atoms with Gasteiger partial charge in [-0.15, -0.1) is 0 Å². The lowest BCUT2D eigenvalue weighted by molar-refractivity contribution is -0.131. The lowest BCUT2D eigenvalue weighted by atomic mass is 9.88.